The Balaban J connectivity index is 1.94. The molecule has 2 fully saturated rings. The Labute approximate surface area is 80.6 Å². The first kappa shape index (κ1) is 9.47. The van der Waals surface area contributed by atoms with Crippen LogP contribution in [0.5, 0.6) is 0 Å². The lowest BCUT2D eigenvalue weighted by molar-refractivity contribution is -0.178. The molecule has 0 aromatic rings. The highest BCUT2D eigenvalue weighted by Crippen LogP contribution is 2.40. The first-order valence-corrected chi connectivity index (χ1v) is 5.47. The lowest BCUT2D eigenvalue weighted by Crippen LogP contribution is -2.41. The standard InChI is InChI=1S/C11H20O2/c1-11(7-12-9-13-8-11)10-5-3-2-4-6-10/h10H,2-9H2,1H3. The van der Waals surface area contributed by atoms with Crippen molar-refractivity contribution >= 4 is 0 Å². The highest BCUT2D eigenvalue weighted by molar-refractivity contribution is 4.85. The Kier molecular flexibility index (Phi) is 2.89. The van der Waals surface area contributed by atoms with Gasteiger partial charge in [-0.3, -0.25) is 0 Å². The summed E-state index contributed by atoms with van der Waals surface area (Å²) in [4.78, 5) is 0. The van der Waals surface area contributed by atoms with Gasteiger partial charge in [-0.2, -0.15) is 0 Å². The average molecular weight is 184 g/mol. The predicted octanol–water partition coefficient (Wildman–Crippen LogP) is 2.58. The zero-order chi connectivity index (χ0) is 9.15. The van der Waals surface area contributed by atoms with E-state index in [0.717, 1.165) is 19.1 Å². The molecule has 0 aromatic heterocycles. The molecule has 2 nitrogen and oxygen atoms in total. The summed E-state index contributed by atoms with van der Waals surface area (Å²) in [5, 5.41) is 0. The van der Waals surface area contributed by atoms with E-state index in [9.17, 15) is 0 Å². The first-order chi connectivity index (χ1) is 6.31. The molecular formula is C11H20O2. The van der Waals surface area contributed by atoms with Gasteiger partial charge in [0, 0.05) is 5.41 Å². The van der Waals surface area contributed by atoms with Gasteiger partial charge in [0.05, 0.1) is 13.2 Å². The van der Waals surface area contributed by atoms with Gasteiger partial charge in [0.1, 0.15) is 6.79 Å². The molecule has 0 amide bonds. The molecule has 2 aliphatic rings. The van der Waals surface area contributed by atoms with Crippen molar-refractivity contribution in [1.29, 1.82) is 0 Å². The third kappa shape index (κ3) is 2.05. The minimum atomic E-state index is 0.304. The van der Waals surface area contributed by atoms with Gasteiger partial charge < -0.3 is 9.47 Å². The third-order valence-electron chi connectivity index (χ3n) is 3.62. The molecule has 0 atom stereocenters. The molecule has 0 radical (unpaired) electrons. The lowest BCUT2D eigenvalue weighted by Gasteiger charge is -2.41. The molecule has 1 saturated heterocycles. The Morgan fingerprint density at radius 3 is 2.23 bits per heavy atom. The molecule has 1 heterocycles. The maximum Gasteiger partial charge on any atom is 0.146 e. The van der Waals surface area contributed by atoms with Crippen LogP contribution in [-0.2, 0) is 9.47 Å². The second-order valence-corrected chi connectivity index (χ2v) is 4.80. The molecular weight excluding hydrogens is 164 g/mol. The molecule has 0 N–H and O–H groups in total. The lowest BCUT2D eigenvalue weighted by atomic mass is 9.70. The van der Waals surface area contributed by atoms with Crippen molar-refractivity contribution in [2.75, 3.05) is 20.0 Å². The largest absolute Gasteiger partial charge is 0.355 e. The second kappa shape index (κ2) is 3.97. The van der Waals surface area contributed by atoms with E-state index in [1.54, 1.807) is 0 Å². The summed E-state index contributed by atoms with van der Waals surface area (Å²) in [6.07, 6.45) is 6.99. The van der Waals surface area contributed by atoms with E-state index < -0.39 is 0 Å². The summed E-state index contributed by atoms with van der Waals surface area (Å²) >= 11 is 0. The monoisotopic (exact) mass is 184 g/mol. The van der Waals surface area contributed by atoms with Crippen LogP contribution >= 0.6 is 0 Å². The van der Waals surface area contributed by atoms with Crippen molar-refractivity contribution in [3.05, 3.63) is 0 Å². The van der Waals surface area contributed by atoms with Crippen LogP contribution in [0.15, 0.2) is 0 Å². The van der Waals surface area contributed by atoms with Crippen LogP contribution in [0.25, 0.3) is 0 Å². The SMILES string of the molecule is CC1(C2CCCCC2)COCOC1. The van der Waals surface area contributed by atoms with Crippen LogP contribution < -0.4 is 0 Å². The van der Waals surface area contributed by atoms with Crippen molar-refractivity contribution in [3.8, 4) is 0 Å². The number of hydrogen-bond acceptors (Lipinski definition) is 2. The van der Waals surface area contributed by atoms with E-state index in [-0.39, 0.29) is 0 Å². The van der Waals surface area contributed by atoms with E-state index in [2.05, 4.69) is 6.92 Å². The molecule has 76 valence electrons. The summed E-state index contributed by atoms with van der Waals surface area (Å²) in [5.41, 5.74) is 0.304. The molecule has 1 saturated carbocycles. The van der Waals surface area contributed by atoms with Crippen molar-refractivity contribution in [1.82, 2.24) is 0 Å². The van der Waals surface area contributed by atoms with Gasteiger partial charge in [0.15, 0.2) is 0 Å². The van der Waals surface area contributed by atoms with Crippen molar-refractivity contribution in [3.63, 3.8) is 0 Å². The van der Waals surface area contributed by atoms with E-state index in [1.165, 1.54) is 32.1 Å². The molecule has 0 aromatic carbocycles. The van der Waals surface area contributed by atoms with Crippen LogP contribution in [0.4, 0.5) is 0 Å². The fraction of sp³-hybridized carbons (Fsp3) is 1.00. The van der Waals surface area contributed by atoms with Crippen molar-refractivity contribution < 1.29 is 9.47 Å². The van der Waals surface area contributed by atoms with Crippen LogP contribution in [0.2, 0.25) is 0 Å². The van der Waals surface area contributed by atoms with Crippen LogP contribution in [0.3, 0.4) is 0 Å². The number of rotatable bonds is 1. The second-order valence-electron chi connectivity index (χ2n) is 4.80. The van der Waals surface area contributed by atoms with Gasteiger partial charge in [-0.25, -0.2) is 0 Å². The number of ether oxygens (including phenoxy) is 2. The molecule has 2 rings (SSSR count). The van der Waals surface area contributed by atoms with E-state index >= 15 is 0 Å². The van der Waals surface area contributed by atoms with Crippen molar-refractivity contribution in [2.45, 2.75) is 39.0 Å². The summed E-state index contributed by atoms with van der Waals surface area (Å²) in [5.74, 6) is 0.835. The van der Waals surface area contributed by atoms with Gasteiger partial charge in [-0.1, -0.05) is 26.2 Å². The summed E-state index contributed by atoms with van der Waals surface area (Å²) in [7, 11) is 0. The minimum Gasteiger partial charge on any atom is -0.355 e. The topological polar surface area (TPSA) is 18.5 Å². The zero-order valence-electron chi connectivity index (χ0n) is 8.55. The summed E-state index contributed by atoms with van der Waals surface area (Å²) in [6.45, 7) is 4.62. The fourth-order valence-electron chi connectivity index (χ4n) is 2.69. The van der Waals surface area contributed by atoms with Crippen LogP contribution in [0.1, 0.15) is 39.0 Å². The van der Waals surface area contributed by atoms with Gasteiger partial charge in [0.2, 0.25) is 0 Å². The maximum atomic E-state index is 5.42. The normalized spacial score (nSPS) is 30.2. The molecule has 1 aliphatic heterocycles. The van der Waals surface area contributed by atoms with E-state index in [4.69, 9.17) is 9.47 Å². The van der Waals surface area contributed by atoms with Gasteiger partial charge in [0.25, 0.3) is 0 Å². The fourth-order valence-corrected chi connectivity index (χ4v) is 2.69. The Morgan fingerprint density at radius 2 is 1.62 bits per heavy atom. The molecule has 1 aliphatic carbocycles. The Bertz CT molecular complexity index is 155. The smallest absolute Gasteiger partial charge is 0.146 e. The minimum absolute atomic E-state index is 0.304. The predicted molar refractivity (Wildman–Crippen MR) is 51.5 cm³/mol. The highest BCUT2D eigenvalue weighted by atomic mass is 16.7. The maximum absolute atomic E-state index is 5.42. The molecule has 2 heteroatoms. The summed E-state index contributed by atoms with van der Waals surface area (Å²) in [6, 6.07) is 0. The molecule has 0 bridgehead atoms. The van der Waals surface area contributed by atoms with Crippen LogP contribution in [0, 0.1) is 11.3 Å². The average Bonchev–Trinajstić information content (AvgIpc) is 2.20. The van der Waals surface area contributed by atoms with Crippen molar-refractivity contribution in [2.24, 2.45) is 11.3 Å². The first-order valence-electron chi connectivity index (χ1n) is 5.47. The van der Waals surface area contributed by atoms with E-state index in [1.807, 2.05) is 0 Å². The zero-order valence-corrected chi connectivity index (χ0v) is 8.55. The Morgan fingerprint density at radius 1 is 1.00 bits per heavy atom. The summed E-state index contributed by atoms with van der Waals surface area (Å²) < 4.78 is 10.8. The quantitative estimate of drug-likeness (QED) is 0.623. The van der Waals surface area contributed by atoms with Crippen LogP contribution in [-0.4, -0.2) is 20.0 Å². The highest BCUT2D eigenvalue weighted by Gasteiger charge is 2.37. The van der Waals surface area contributed by atoms with Gasteiger partial charge in [-0.05, 0) is 18.8 Å². The molecule has 13 heavy (non-hydrogen) atoms. The van der Waals surface area contributed by atoms with Gasteiger partial charge >= 0.3 is 0 Å². The third-order valence-corrected chi connectivity index (χ3v) is 3.62. The molecule has 0 unspecified atom stereocenters. The van der Waals surface area contributed by atoms with Gasteiger partial charge in [-0.15, -0.1) is 0 Å². The Hall–Kier alpha value is -0.0800. The molecule has 0 spiro atoms. The number of hydrogen-bond donors (Lipinski definition) is 0. The van der Waals surface area contributed by atoms with E-state index in [0.29, 0.717) is 12.2 Å².